The highest BCUT2D eigenvalue weighted by Crippen LogP contribution is 2.13. The Labute approximate surface area is 136 Å². The number of ether oxygens (including phenoxy) is 3. The van der Waals surface area contributed by atoms with Gasteiger partial charge in [-0.15, -0.1) is 0 Å². The first-order valence-electron chi connectivity index (χ1n) is 8.04. The first-order valence-corrected chi connectivity index (χ1v) is 8.04. The maximum Gasteiger partial charge on any atom is 0.248 e. The molecule has 1 amide bonds. The van der Waals surface area contributed by atoms with Crippen LogP contribution in [0.3, 0.4) is 0 Å². The first-order chi connectivity index (χ1) is 11.1. The summed E-state index contributed by atoms with van der Waals surface area (Å²) < 4.78 is 29.3. The zero-order valence-corrected chi connectivity index (χ0v) is 13.4. The predicted octanol–water partition coefficient (Wildman–Crippen LogP) is 2.29. The standard InChI is InChI=1S/C17H24FNO4/c1-13(23-12-16-4-2-3-10-21-16)17(20)19-9-11-22-15-7-5-14(18)6-8-15/h5-8,13,16H,2-4,9-12H2,1H3,(H,19,20)/t13-,16-/m0/s1. The Balaban J connectivity index is 1.57. The van der Waals surface area contributed by atoms with Crippen molar-refractivity contribution in [2.24, 2.45) is 0 Å². The molecule has 1 fully saturated rings. The van der Waals surface area contributed by atoms with E-state index in [1.165, 1.54) is 12.1 Å². The summed E-state index contributed by atoms with van der Waals surface area (Å²) in [6.07, 6.45) is 2.81. The van der Waals surface area contributed by atoms with Crippen molar-refractivity contribution in [1.82, 2.24) is 5.32 Å². The lowest BCUT2D eigenvalue weighted by atomic mass is 10.1. The normalized spacial score (nSPS) is 19.1. The topological polar surface area (TPSA) is 56.8 Å². The van der Waals surface area contributed by atoms with E-state index in [4.69, 9.17) is 14.2 Å². The molecule has 1 heterocycles. The molecule has 23 heavy (non-hydrogen) atoms. The van der Waals surface area contributed by atoms with Gasteiger partial charge in [0.15, 0.2) is 0 Å². The largest absolute Gasteiger partial charge is 0.492 e. The van der Waals surface area contributed by atoms with Crippen LogP contribution in [0.1, 0.15) is 26.2 Å². The average molecular weight is 325 g/mol. The summed E-state index contributed by atoms with van der Waals surface area (Å²) in [6.45, 7) is 3.62. The lowest BCUT2D eigenvalue weighted by Gasteiger charge is -2.23. The maximum absolute atomic E-state index is 12.7. The van der Waals surface area contributed by atoms with Crippen molar-refractivity contribution in [3.8, 4) is 5.75 Å². The van der Waals surface area contributed by atoms with Crippen LogP contribution in [0.5, 0.6) is 5.75 Å². The Kier molecular flexibility index (Phi) is 7.29. The molecule has 0 spiro atoms. The van der Waals surface area contributed by atoms with Crippen molar-refractivity contribution in [1.29, 1.82) is 0 Å². The number of benzene rings is 1. The number of nitrogens with one attached hydrogen (secondary N) is 1. The van der Waals surface area contributed by atoms with Crippen molar-refractivity contribution < 1.29 is 23.4 Å². The summed E-state index contributed by atoms with van der Waals surface area (Å²) in [7, 11) is 0. The highest BCUT2D eigenvalue weighted by molar-refractivity contribution is 5.80. The summed E-state index contributed by atoms with van der Waals surface area (Å²) in [5.41, 5.74) is 0. The van der Waals surface area contributed by atoms with Gasteiger partial charge < -0.3 is 19.5 Å². The van der Waals surface area contributed by atoms with Gasteiger partial charge in [-0.3, -0.25) is 4.79 Å². The van der Waals surface area contributed by atoms with E-state index in [9.17, 15) is 9.18 Å². The fourth-order valence-electron chi connectivity index (χ4n) is 2.28. The molecule has 2 rings (SSSR count). The second-order valence-corrected chi connectivity index (χ2v) is 5.56. The maximum atomic E-state index is 12.7. The van der Waals surface area contributed by atoms with Crippen LogP contribution < -0.4 is 10.1 Å². The minimum absolute atomic E-state index is 0.0980. The van der Waals surface area contributed by atoms with Gasteiger partial charge in [0.25, 0.3) is 0 Å². The van der Waals surface area contributed by atoms with Crippen LogP contribution in [0, 0.1) is 5.82 Å². The molecule has 1 saturated heterocycles. The molecule has 128 valence electrons. The third kappa shape index (κ3) is 6.54. The fraction of sp³-hybridized carbons (Fsp3) is 0.588. The molecular weight excluding hydrogens is 301 g/mol. The van der Waals surface area contributed by atoms with Gasteiger partial charge >= 0.3 is 0 Å². The van der Waals surface area contributed by atoms with E-state index in [-0.39, 0.29) is 17.8 Å². The molecule has 0 bridgehead atoms. The zero-order chi connectivity index (χ0) is 16.5. The summed E-state index contributed by atoms with van der Waals surface area (Å²) >= 11 is 0. The lowest BCUT2D eigenvalue weighted by molar-refractivity contribution is -0.135. The summed E-state index contributed by atoms with van der Waals surface area (Å²) in [5.74, 6) is 0.0847. The van der Waals surface area contributed by atoms with Gasteiger partial charge in [-0.2, -0.15) is 0 Å². The smallest absolute Gasteiger partial charge is 0.248 e. The number of hydrogen-bond donors (Lipinski definition) is 1. The highest BCUT2D eigenvalue weighted by Gasteiger charge is 2.18. The Morgan fingerprint density at radius 3 is 2.87 bits per heavy atom. The van der Waals surface area contributed by atoms with Crippen molar-refractivity contribution in [2.75, 3.05) is 26.4 Å². The van der Waals surface area contributed by atoms with Crippen molar-refractivity contribution in [2.45, 2.75) is 38.4 Å². The van der Waals surface area contributed by atoms with Gasteiger partial charge in [-0.05, 0) is 50.5 Å². The van der Waals surface area contributed by atoms with Gasteiger partial charge in [0, 0.05) is 6.61 Å². The van der Waals surface area contributed by atoms with E-state index < -0.39 is 6.10 Å². The SMILES string of the molecule is C[C@H](OC[C@@H]1CCCCO1)C(=O)NCCOc1ccc(F)cc1. The quantitative estimate of drug-likeness (QED) is 0.745. The molecule has 2 atom stereocenters. The summed E-state index contributed by atoms with van der Waals surface area (Å²) in [4.78, 5) is 11.9. The number of halogens is 1. The number of carbonyl (C=O) groups is 1. The lowest BCUT2D eigenvalue weighted by Crippen LogP contribution is -2.38. The summed E-state index contributed by atoms with van der Waals surface area (Å²) in [6, 6.07) is 5.76. The summed E-state index contributed by atoms with van der Waals surface area (Å²) in [5, 5.41) is 2.75. The monoisotopic (exact) mass is 325 g/mol. The van der Waals surface area contributed by atoms with Crippen LogP contribution in [0.2, 0.25) is 0 Å². The van der Waals surface area contributed by atoms with Crippen LogP contribution in [0.4, 0.5) is 4.39 Å². The van der Waals surface area contributed by atoms with Gasteiger partial charge in [0.2, 0.25) is 5.91 Å². The molecule has 0 aromatic heterocycles. The van der Waals surface area contributed by atoms with Crippen LogP contribution >= 0.6 is 0 Å². The molecule has 5 nitrogen and oxygen atoms in total. The molecule has 0 unspecified atom stereocenters. The van der Waals surface area contributed by atoms with Crippen LogP contribution in [-0.2, 0) is 14.3 Å². The molecule has 1 aromatic carbocycles. The van der Waals surface area contributed by atoms with Crippen LogP contribution in [-0.4, -0.2) is 44.5 Å². The third-order valence-corrected chi connectivity index (χ3v) is 3.66. The van der Waals surface area contributed by atoms with Gasteiger partial charge in [-0.1, -0.05) is 0 Å². The van der Waals surface area contributed by atoms with Crippen LogP contribution in [0.25, 0.3) is 0 Å². The minimum atomic E-state index is -0.522. The van der Waals surface area contributed by atoms with Gasteiger partial charge in [0.1, 0.15) is 24.3 Å². The van der Waals surface area contributed by atoms with Crippen molar-refractivity contribution in [3.05, 3.63) is 30.1 Å². The van der Waals surface area contributed by atoms with E-state index >= 15 is 0 Å². The van der Waals surface area contributed by atoms with Gasteiger partial charge in [-0.25, -0.2) is 4.39 Å². The number of carbonyl (C=O) groups excluding carboxylic acids is 1. The van der Waals surface area contributed by atoms with E-state index in [1.807, 2.05) is 0 Å². The molecular formula is C17H24FNO4. The van der Waals surface area contributed by atoms with Crippen molar-refractivity contribution in [3.63, 3.8) is 0 Å². The average Bonchev–Trinajstić information content (AvgIpc) is 2.59. The third-order valence-electron chi connectivity index (χ3n) is 3.66. The van der Waals surface area contributed by atoms with E-state index in [0.717, 1.165) is 25.9 Å². The van der Waals surface area contributed by atoms with Gasteiger partial charge in [0.05, 0.1) is 19.3 Å². The Morgan fingerprint density at radius 2 is 2.17 bits per heavy atom. The Morgan fingerprint density at radius 1 is 1.39 bits per heavy atom. The first kappa shape index (κ1) is 17.7. The molecule has 1 aliphatic heterocycles. The van der Waals surface area contributed by atoms with Crippen LogP contribution in [0.15, 0.2) is 24.3 Å². The second kappa shape index (κ2) is 9.47. The molecule has 1 aliphatic rings. The van der Waals surface area contributed by atoms with Crippen molar-refractivity contribution >= 4 is 5.91 Å². The predicted molar refractivity (Wildman–Crippen MR) is 83.9 cm³/mol. The molecule has 0 radical (unpaired) electrons. The van der Waals surface area contributed by atoms with E-state index in [1.54, 1.807) is 19.1 Å². The number of hydrogen-bond acceptors (Lipinski definition) is 4. The molecule has 0 aliphatic carbocycles. The second-order valence-electron chi connectivity index (χ2n) is 5.56. The molecule has 6 heteroatoms. The molecule has 0 saturated carbocycles. The Hall–Kier alpha value is -1.66. The van der Waals surface area contributed by atoms with E-state index in [0.29, 0.717) is 25.5 Å². The molecule has 1 aromatic rings. The minimum Gasteiger partial charge on any atom is -0.492 e. The Bertz CT molecular complexity index is 474. The van der Waals surface area contributed by atoms with E-state index in [2.05, 4.69) is 5.32 Å². The zero-order valence-electron chi connectivity index (χ0n) is 13.4. The number of amides is 1. The number of rotatable bonds is 8. The fourth-order valence-corrected chi connectivity index (χ4v) is 2.28. The highest BCUT2D eigenvalue weighted by atomic mass is 19.1. The molecule has 1 N–H and O–H groups in total.